The average Bonchev–Trinajstić information content (AvgIpc) is 2.37. The first-order valence-corrected chi connectivity index (χ1v) is 7.77. The Hall–Kier alpha value is -0.670. The second-order valence-electron chi connectivity index (χ2n) is 3.68. The zero-order valence-corrected chi connectivity index (χ0v) is 14.0. The summed E-state index contributed by atoms with van der Waals surface area (Å²) in [5.74, 6) is -0.527. The van der Waals surface area contributed by atoms with Gasteiger partial charge in [-0.2, -0.15) is 0 Å². The Morgan fingerprint density at radius 2 is 2.10 bits per heavy atom. The summed E-state index contributed by atoms with van der Waals surface area (Å²) in [6.45, 7) is 0.676. The number of benzene rings is 1. The van der Waals surface area contributed by atoms with Gasteiger partial charge in [0.1, 0.15) is 0 Å². The SMILES string of the molecule is COC(=O)c1ccc(S(=O)(=O)NCCCN)c(Br)c1.Cl. The molecule has 0 aliphatic carbocycles. The van der Waals surface area contributed by atoms with Crippen molar-refractivity contribution in [3.8, 4) is 0 Å². The minimum Gasteiger partial charge on any atom is -0.465 e. The van der Waals surface area contributed by atoms with Crippen molar-refractivity contribution < 1.29 is 17.9 Å². The van der Waals surface area contributed by atoms with Crippen molar-refractivity contribution in [3.05, 3.63) is 28.2 Å². The van der Waals surface area contributed by atoms with E-state index in [1.807, 2.05) is 0 Å². The molecule has 0 aliphatic rings. The van der Waals surface area contributed by atoms with Gasteiger partial charge in [-0.05, 0) is 47.1 Å². The minimum atomic E-state index is -3.62. The van der Waals surface area contributed by atoms with Gasteiger partial charge in [-0.25, -0.2) is 17.9 Å². The Morgan fingerprint density at radius 3 is 2.60 bits per heavy atom. The van der Waals surface area contributed by atoms with Crippen molar-refractivity contribution in [2.45, 2.75) is 11.3 Å². The number of nitrogens with two attached hydrogens (primary N) is 1. The van der Waals surface area contributed by atoms with E-state index in [0.717, 1.165) is 0 Å². The summed E-state index contributed by atoms with van der Waals surface area (Å²) >= 11 is 3.14. The summed E-state index contributed by atoms with van der Waals surface area (Å²) in [5, 5.41) is 0. The molecule has 0 bridgehead atoms. The highest BCUT2D eigenvalue weighted by Gasteiger charge is 2.18. The summed E-state index contributed by atoms with van der Waals surface area (Å²) in [6, 6.07) is 4.15. The monoisotopic (exact) mass is 386 g/mol. The van der Waals surface area contributed by atoms with Gasteiger partial charge in [0, 0.05) is 11.0 Å². The third-order valence-corrected chi connectivity index (χ3v) is 4.75. The van der Waals surface area contributed by atoms with Gasteiger partial charge in [0.2, 0.25) is 10.0 Å². The van der Waals surface area contributed by atoms with Crippen LogP contribution in [0, 0.1) is 0 Å². The molecule has 0 heterocycles. The predicted octanol–water partition coefficient (Wildman–Crippen LogP) is 1.28. The smallest absolute Gasteiger partial charge is 0.337 e. The molecule has 9 heteroatoms. The predicted molar refractivity (Wildman–Crippen MR) is 81.6 cm³/mol. The molecule has 1 rings (SSSR count). The van der Waals surface area contributed by atoms with Crippen LogP contribution in [0.15, 0.2) is 27.6 Å². The number of esters is 1. The number of hydrogen-bond donors (Lipinski definition) is 2. The molecule has 1 aromatic carbocycles. The lowest BCUT2D eigenvalue weighted by atomic mass is 10.2. The highest BCUT2D eigenvalue weighted by Crippen LogP contribution is 2.23. The number of nitrogens with one attached hydrogen (secondary N) is 1. The fourth-order valence-electron chi connectivity index (χ4n) is 1.35. The highest BCUT2D eigenvalue weighted by atomic mass is 79.9. The number of sulfonamides is 1. The molecule has 20 heavy (non-hydrogen) atoms. The molecule has 0 aromatic heterocycles. The number of rotatable bonds is 6. The van der Waals surface area contributed by atoms with Crippen LogP contribution >= 0.6 is 28.3 Å². The third kappa shape index (κ3) is 5.02. The molecule has 0 aliphatic heterocycles. The second-order valence-corrected chi connectivity index (χ2v) is 6.27. The number of carbonyl (C=O) groups excluding carboxylic acids is 1. The van der Waals surface area contributed by atoms with Gasteiger partial charge in [0.05, 0.1) is 17.6 Å². The molecule has 0 fully saturated rings. The Morgan fingerprint density at radius 1 is 1.45 bits per heavy atom. The zero-order valence-electron chi connectivity index (χ0n) is 10.8. The fourth-order valence-corrected chi connectivity index (χ4v) is 3.50. The van der Waals surface area contributed by atoms with Crippen LogP contribution in [0.1, 0.15) is 16.8 Å². The lowest BCUT2D eigenvalue weighted by molar-refractivity contribution is 0.0600. The molecule has 0 saturated heterocycles. The molecule has 0 unspecified atom stereocenters. The molecule has 0 radical (unpaired) electrons. The first-order chi connectivity index (χ1) is 8.92. The van der Waals surface area contributed by atoms with Crippen molar-refractivity contribution >= 4 is 44.3 Å². The molecule has 0 saturated carbocycles. The number of halogens is 2. The number of methoxy groups -OCH3 is 1. The summed E-state index contributed by atoms with van der Waals surface area (Å²) in [4.78, 5) is 11.4. The van der Waals surface area contributed by atoms with E-state index in [1.165, 1.54) is 25.3 Å². The van der Waals surface area contributed by atoms with Crippen molar-refractivity contribution in [1.29, 1.82) is 0 Å². The molecule has 6 nitrogen and oxygen atoms in total. The van der Waals surface area contributed by atoms with Gasteiger partial charge in [0.15, 0.2) is 0 Å². The van der Waals surface area contributed by atoms with E-state index < -0.39 is 16.0 Å². The second kappa shape index (κ2) is 8.58. The largest absolute Gasteiger partial charge is 0.465 e. The lowest BCUT2D eigenvalue weighted by Crippen LogP contribution is -2.26. The van der Waals surface area contributed by atoms with Crippen LogP contribution in [-0.2, 0) is 14.8 Å². The minimum absolute atomic E-state index is 0. The molecule has 0 amide bonds. The summed E-state index contributed by atoms with van der Waals surface area (Å²) in [7, 11) is -2.36. The molecular weight excluding hydrogens is 372 g/mol. The van der Waals surface area contributed by atoms with Crippen LogP contribution in [0.2, 0.25) is 0 Å². The Labute approximate surface area is 132 Å². The summed E-state index contributed by atoms with van der Waals surface area (Å²) in [6.07, 6.45) is 0.553. The Kier molecular flexibility index (Phi) is 8.29. The zero-order chi connectivity index (χ0) is 14.5. The van der Waals surface area contributed by atoms with E-state index in [1.54, 1.807) is 0 Å². The van der Waals surface area contributed by atoms with Gasteiger partial charge in [-0.3, -0.25) is 0 Å². The highest BCUT2D eigenvalue weighted by molar-refractivity contribution is 9.10. The van der Waals surface area contributed by atoms with Crippen LogP contribution in [0.5, 0.6) is 0 Å². The van der Waals surface area contributed by atoms with Gasteiger partial charge in [-0.15, -0.1) is 12.4 Å². The van der Waals surface area contributed by atoms with Crippen molar-refractivity contribution in [2.24, 2.45) is 5.73 Å². The fraction of sp³-hybridized carbons (Fsp3) is 0.364. The Balaban J connectivity index is 0.00000361. The maximum Gasteiger partial charge on any atom is 0.337 e. The first kappa shape index (κ1) is 19.3. The van der Waals surface area contributed by atoms with E-state index >= 15 is 0 Å². The number of hydrogen-bond acceptors (Lipinski definition) is 5. The maximum absolute atomic E-state index is 12.0. The topological polar surface area (TPSA) is 98.5 Å². The summed E-state index contributed by atoms with van der Waals surface area (Å²) < 4.78 is 31.2. The summed E-state index contributed by atoms with van der Waals surface area (Å²) in [5.41, 5.74) is 5.57. The van der Waals surface area contributed by atoms with Crippen LogP contribution < -0.4 is 10.5 Å². The van der Waals surface area contributed by atoms with Gasteiger partial charge >= 0.3 is 5.97 Å². The third-order valence-electron chi connectivity index (χ3n) is 2.32. The van der Waals surface area contributed by atoms with E-state index in [0.29, 0.717) is 17.4 Å². The van der Waals surface area contributed by atoms with Gasteiger partial charge in [-0.1, -0.05) is 0 Å². The van der Waals surface area contributed by atoms with E-state index in [2.05, 4.69) is 25.4 Å². The molecule has 114 valence electrons. The van der Waals surface area contributed by atoms with Crippen LogP contribution in [0.25, 0.3) is 0 Å². The van der Waals surface area contributed by atoms with Crippen molar-refractivity contribution in [3.63, 3.8) is 0 Å². The quantitative estimate of drug-likeness (QED) is 0.566. The van der Waals surface area contributed by atoms with Crippen LogP contribution in [-0.4, -0.2) is 34.6 Å². The van der Waals surface area contributed by atoms with Crippen LogP contribution in [0.4, 0.5) is 0 Å². The number of carbonyl (C=O) groups is 1. The number of ether oxygens (including phenoxy) is 1. The van der Waals surface area contributed by atoms with E-state index in [-0.39, 0.29) is 29.4 Å². The maximum atomic E-state index is 12.0. The molecule has 0 spiro atoms. The van der Waals surface area contributed by atoms with Crippen molar-refractivity contribution in [1.82, 2.24) is 4.72 Å². The molecule has 1 aromatic rings. The normalized spacial score (nSPS) is 10.8. The standard InChI is InChI=1S/C11H15BrN2O4S.ClH/c1-18-11(15)8-3-4-10(9(12)7-8)19(16,17)14-6-2-5-13;/h3-4,7,14H,2,5-6,13H2,1H3;1H. The molecule has 3 N–H and O–H groups in total. The van der Waals surface area contributed by atoms with Crippen molar-refractivity contribution in [2.75, 3.05) is 20.2 Å². The average molecular weight is 388 g/mol. The Bertz CT molecular complexity index is 566. The first-order valence-electron chi connectivity index (χ1n) is 5.50. The van der Waals surface area contributed by atoms with E-state index in [9.17, 15) is 13.2 Å². The van der Waals surface area contributed by atoms with Gasteiger partial charge < -0.3 is 10.5 Å². The van der Waals surface area contributed by atoms with E-state index in [4.69, 9.17) is 5.73 Å². The van der Waals surface area contributed by atoms with Crippen LogP contribution in [0.3, 0.4) is 0 Å². The molecule has 0 atom stereocenters. The molecular formula is C11H16BrClN2O4S. The van der Waals surface area contributed by atoms with Gasteiger partial charge in [0.25, 0.3) is 0 Å². The lowest BCUT2D eigenvalue weighted by Gasteiger charge is -2.09.